The number of hydrogen-bond acceptors (Lipinski definition) is 4. The molecule has 0 amide bonds. The van der Waals surface area contributed by atoms with Crippen LogP contribution in [0.2, 0.25) is 0 Å². The molecule has 0 atom stereocenters. The van der Waals surface area contributed by atoms with Crippen molar-refractivity contribution in [2.24, 2.45) is 0 Å². The van der Waals surface area contributed by atoms with Crippen LogP contribution in [-0.4, -0.2) is 9.97 Å². The molecule has 2 rings (SSSR count). The lowest BCUT2D eigenvalue weighted by Crippen LogP contribution is -2.01. The summed E-state index contributed by atoms with van der Waals surface area (Å²) in [6.07, 6.45) is 0. The largest absolute Gasteiger partial charge is 0.383 e. The quantitative estimate of drug-likeness (QED) is 0.823. The predicted molar refractivity (Wildman–Crippen MR) is 67.2 cm³/mol. The average Bonchev–Trinajstić information content (AvgIpc) is 2.66. The second-order valence-corrected chi connectivity index (χ2v) is 4.70. The monoisotopic (exact) mass is 317 g/mol. The highest BCUT2D eigenvalue weighted by molar-refractivity contribution is 14.1. The lowest BCUT2D eigenvalue weighted by Gasteiger charge is -2.03. The van der Waals surface area contributed by atoms with Crippen LogP contribution in [0.25, 0.3) is 11.4 Å². The highest BCUT2D eigenvalue weighted by Crippen LogP contribution is 2.22. The zero-order valence-corrected chi connectivity index (χ0v) is 10.5. The molecular formula is C9H8IN3S. The Kier molecular flexibility index (Phi) is 2.69. The predicted octanol–water partition coefficient (Wildman–Crippen LogP) is 2.70. The van der Waals surface area contributed by atoms with Crippen molar-refractivity contribution in [2.45, 2.75) is 6.92 Å². The van der Waals surface area contributed by atoms with Crippen LogP contribution >= 0.6 is 33.9 Å². The van der Waals surface area contributed by atoms with Gasteiger partial charge in [-0.3, -0.25) is 0 Å². The summed E-state index contributed by atoms with van der Waals surface area (Å²) < 4.78 is 0.932. The molecule has 0 saturated heterocycles. The van der Waals surface area contributed by atoms with E-state index < -0.39 is 0 Å². The van der Waals surface area contributed by atoms with E-state index in [0.29, 0.717) is 11.6 Å². The first-order valence-corrected chi connectivity index (χ1v) is 6.03. The number of hydrogen-bond donors (Lipinski definition) is 1. The maximum atomic E-state index is 5.77. The standard InChI is InChI=1S/C9H8IN3S/c1-5-7(10)8(11)13-9(12-5)6-2-3-14-4-6/h2-4H,1H3,(H2,11,12,13). The third-order valence-electron chi connectivity index (χ3n) is 1.82. The summed E-state index contributed by atoms with van der Waals surface area (Å²) in [6.45, 7) is 1.94. The summed E-state index contributed by atoms with van der Waals surface area (Å²) in [6, 6.07) is 1.99. The molecule has 0 aliphatic carbocycles. The highest BCUT2D eigenvalue weighted by atomic mass is 127. The van der Waals surface area contributed by atoms with E-state index in [2.05, 4.69) is 32.6 Å². The molecule has 0 fully saturated rings. The SMILES string of the molecule is Cc1nc(-c2ccsc2)nc(N)c1I. The van der Waals surface area contributed by atoms with Crippen LogP contribution in [-0.2, 0) is 0 Å². The van der Waals surface area contributed by atoms with Crippen LogP contribution in [0, 0.1) is 10.5 Å². The fourth-order valence-electron chi connectivity index (χ4n) is 1.10. The first-order chi connectivity index (χ1) is 6.68. The number of nitrogen functional groups attached to an aromatic ring is 1. The fourth-order valence-corrected chi connectivity index (χ4v) is 1.98. The van der Waals surface area contributed by atoms with Gasteiger partial charge in [-0.15, -0.1) is 0 Å². The Labute approximate surface area is 99.5 Å². The van der Waals surface area contributed by atoms with Gasteiger partial charge in [0.15, 0.2) is 5.82 Å². The number of anilines is 1. The number of nitrogens with zero attached hydrogens (tertiary/aromatic N) is 2. The molecule has 2 heterocycles. The van der Waals surface area contributed by atoms with Crippen molar-refractivity contribution in [3.05, 3.63) is 26.1 Å². The number of nitrogens with two attached hydrogens (primary N) is 1. The van der Waals surface area contributed by atoms with E-state index in [9.17, 15) is 0 Å². The minimum Gasteiger partial charge on any atom is -0.383 e. The molecule has 3 nitrogen and oxygen atoms in total. The normalized spacial score (nSPS) is 10.4. The van der Waals surface area contributed by atoms with E-state index in [4.69, 9.17) is 5.73 Å². The van der Waals surface area contributed by atoms with E-state index in [1.807, 2.05) is 23.8 Å². The molecule has 5 heteroatoms. The van der Waals surface area contributed by atoms with E-state index in [1.54, 1.807) is 11.3 Å². The molecule has 0 radical (unpaired) electrons. The molecule has 2 aromatic rings. The van der Waals surface area contributed by atoms with Gasteiger partial charge < -0.3 is 5.73 Å². The fraction of sp³-hybridized carbons (Fsp3) is 0.111. The van der Waals surface area contributed by atoms with Gasteiger partial charge in [0, 0.05) is 10.9 Å². The van der Waals surface area contributed by atoms with Gasteiger partial charge >= 0.3 is 0 Å². The summed E-state index contributed by atoms with van der Waals surface area (Å²) in [4.78, 5) is 8.63. The number of halogens is 1. The first-order valence-electron chi connectivity index (χ1n) is 4.00. The van der Waals surface area contributed by atoms with Gasteiger partial charge in [0.1, 0.15) is 5.82 Å². The van der Waals surface area contributed by atoms with Gasteiger partial charge in [-0.1, -0.05) is 0 Å². The number of aromatic nitrogens is 2. The van der Waals surface area contributed by atoms with Gasteiger partial charge in [-0.25, -0.2) is 9.97 Å². The Hall–Kier alpha value is -0.690. The van der Waals surface area contributed by atoms with E-state index in [0.717, 1.165) is 14.8 Å². The molecule has 0 aliphatic heterocycles. The zero-order valence-electron chi connectivity index (χ0n) is 7.49. The molecule has 0 unspecified atom stereocenters. The molecule has 72 valence electrons. The molecule has 14 heavy (non-hydrogen) atoms. The summed E-state index contributed by atoms with van der Waals surface area (Å²) in [7, 11) is 0. The summed E-state index contributed by atoms with van der Waals surface area (Å²) in [5.74, 6) is 1.26. The molecule has 0 bridgehead atoms. The Morgan fingerprint density at radius 1 is 1.43 bits per heavy atom. The number of aryl methyl sites for hydroxylation is 1. The van der Waals surface area contributed by atoms with Crippen molar-refractivity contribution in [1.82, 2.24) is 9.97 Å². The van der Waals surface area contributed by atoms with Crippen LogP contribution in [0.5, 0.6) is 0 Å². The smallest absolute Gasteiger partial charge is 0.162 e. The van der Waals surface area contributed by atoms with Crippen molar-refractivity contribution in [1.29, 1.82) is 0 Å². The van der Waals surface area contributed by atoms with E-state index in [-0.39, 0.29) is 0 Å². The Morgan fingerprint density at radius 2 is 2.21 bits per heavy atom. The minimum atomic E-state index is 0.555. The van der Waals surface area contributed by atoms with E-state index in [1.165, 1.54) is 0 Å². The van der Waals surface area contributed by atoms with Crippen molar-refractivity contribution in [3.63, 3.8) is 0 Å². The highest BCUT2D eigenvalue weighted by Gasteiger charge is 2.07. The van der Waals surface area contributed by atoms with Gasteiger partial charge in [-0.05, 0) is 41.0 Å². The van der Waals surface area contributed by atoms with Crippen molar-refractivity contribution >= 4 is 39.7 Å². The molecular weight excluding hydrogens is 309 g/mol. The summed E-state index contributed by atoms with van der Waals surface area (Å²) in [5.41, 5.74) is 7.73. The molecule has 0 spiro atoms. The summed E-state index contributed by atoms with van der Waals surface area (Å²) >= 11 is 3.78. The second kappa shape index (κ2) is 3.82. The van der Waals surface area contributed by atoms with Crippen molar-refractivity contribution < 1.29 is 0 Å². The summed E-state index contributed by atoms with van der Waals surface area (Å²) in [5, 5.41) is 4.02. The van der Waals surface area contributed by atoms with Gasteiger partial charge in [0.2, 0.25) is 0 Å². The van der Waals surface area contributed by atoms with Crippen LogP contribution in [0.1, 0.15) is 5.69 Å². The average molecular weight is 317 g/mol. The van der Waals surface area contributed by atoms with Gasteiger partial charge in [0.05, 0.1) is 9.26 Å². The molecule has 0 aliphatic rings. The Balaban J connectivity index is 2.57. The number of thiophene rings is 1. The lowest BCUT2D eigenvalue weighted by atomic mass is 10.3. The van der Waals surface area contributed by atoms with Crippen molar-refractivity contribution in [3.8, 4) is 11.4 Å². The Bertz CT molecular complexity index is 430. The molecule has 2 aromatic heterocycles. The van der Waals surface area contributed by atoms with E-state index >= 15 is 0 Å². The van der Waals surface area contributed by atoms with Crippen LogP contribution in [0.3, 0.4) is 0 Å². The minimum absolute atomic E-state index is 0.555. The van der Waals surface area contributed by atoms with Gasteiger partial charge in [0.25, 0.3) is 0 Å². The number of rotatable bonds is 1. The van der Waals surface area contributed by atoms with Gasteiger partial charge in [-0.2, -0.15) is 11.3 Å². The van der Waals surface area contributed by atoms with Crippen LogP contribution in [0.4, 0.5) is 5.82 Å². The maximum absolute atomic E-state index is 5.77. The molecule has 0 aromatic carbocycles. The van der Waals surface area contributed by atoms with Crippen molar-refractivity contribution in [2.75, 3.05) is 5.73 Å². The topological polar surface area (TPSA) is 51.8 Å². The maximum Gasteiger partial charge on any atom is 0.162 e. The van der Waals surface area contributed by atoms with Crippen LogP contribution < -0.4 is 5.73 Å². The molecule has 2 N–H and O–H groups in total. The third-order valence-corrected chi connectivity index (χ3v) is 3.84. The third kappa shape index (κ3) is 1.74. The first kappa shape index (κ1) is 9.85. The lowest BCUT2D eigenvalue weighted by molar-refractivity contribution is 1.10. The van der Waals surface area contributed by atoms with Crippen LogP contribution in [0.15, 0.2) is 16.8 Å². The Morgan fingerprint density at radius 3 is 2.79 bits per heavy atom. The second-order valence-electron chi connectivity index (χ2n) is 2.84. The zero-order chi connectivity index (χ0) is 10.1. The molecule has 0 saturated carbocycles.